The molecule has 2 aliphatic rings. The van der Waals surface area contributed by atoms with Gasteiger partial charge in [-0.2, -0.15) is 0 Å². The van der Waals surface area contributed by atoms with Gasteiger partial charge >= 0.3 is 0 Å². The highest BCUT2D eigenvalue weighted by atomic mass is 16.1. The number of nitrogens with one attached hydrogen (secondary N) is 2. The Morgan fingerprint density at radius 2 is 2.13 bits per heavy atom. The first-order chi connectivity index (χ1) is 11.1. The topological polar surface area (TPSA) is 60.5 Å². The average Bonchev–Trinajstić information content (AvgIpc) is 2.56. The highest BCUT2D eigenvalue weighted by molar-refractivity contribution is 5.95. The van der Waals surface area contributed by atoms with E-state index in [1.807, 2.05) is 6.07 Å². The molecule has 0 aromatic carbocycles. The maximum Gasteiger partial charge on any atom is 0.251 e. The van der Waals surface area contributed by atoms with Crippen LogP contribution in [0.2, 0.25) is 0 Å². The number of piperazine rings is 1. The smallest absolute Gasteiger partial charge is 0.251 e. The van der Waals surface area contributed by atoms with Gasteiger partial charge in [-0.15, -0.1) is 0 Å². The molecule has 0 saturated carbocycles. The minimum Gasteiger partial charge on any atom is -0.354 e. The number of amides is 1. The molecule has 2 N–H and O–H groups in total. The lowest BCUT2D eigenvalue weighted by atomic mass is 10.0. The first-order valence-corrected chi connectivity index (χ1v) is 8.55. The van der Waals surface area contributed by atoms with Gasteiger partial charge in [0.05, 0.1) is 0 Å². The standard InChI is InChI=1S/C17H27N5O/c1-13-11-15(4-6-18-13)20-17(23)14-3-5-19-16(12-14)22-9-7-21(2)8-10-22/h3,5,12-13,15,18H,4,6-11H2,1-2H3,(H,20,23). The third kappa shape index (κ3) is 4.20. The molecule has 2 atom stereocenters. The fourth-order valence-electron chi connectivity index (χ4n) is 3.30. The average molecular weight is 317 g/mol. The Morgan fingerprint density at radius 3 is 2.87 bits per heavy atom. The van der Waals surface area contributed by atoms with Gasteiger partial charge in [0, 0.05) is 50.0 Å². The molecule has 2 saturated heterocycles. The van der Waals surface area contributed by atoms with Crippen LogP contribution in [0.25, 0.3) is 0 Å². The summed E-state index contributed by atoms with van der Waals surface area (Å²) in [4.78, 5) is 21.5. The summed E-state index contributed by atoms with van der Waals surface area (Å²) in [6.45, 7) is 7.11. The Kier molecular flexibility index (Phi) is 5.13. The van der Waals surface area contributed by atoms with E-state index in [1.54, 1.807) is 12.3 Å². The molecule has 6 heteroatoms. The predicted octanol–water partition coefficient (Wildman–Crippen LogP) is 0.704. The monoisotopic (exact) mass is 317 g/mol. The summed E-state index contributed by atoms with van der Waals surface area (Å²) in [5, 5.41) is 6.58. The summed E-state index contributed by atoms with van der Waals surface area (Å²) in [5.74, 6) is 0.923. The first-order valence-electron chi connectivity index (χ1n) is 8.55. The van der Waals surface area contributed by atoms with Crippen molar-refractivity contribution in [3.8, 4) is 0 Å². The quantitative estimate of drug-likeness (QED) is 0.859. The molecule has 0 radical (unpaired) electrons. The van der Waals surface area contributed by atoms with Crippen molar-refractivity contribution in [1.82, 2.24) is 20.5 Å². The summed E-state index contributed by atoms with van der Waals surface area (Å²) < 4.78 is 0. The summed E-state index contributed by atoms with van der Waals surface area (Å²) in [6, 6.07) is 4.45. The summed E-state index contributed by atoms with van der Waals surface area (Å²) >= 11 is 0. The number of anilines is 1. The Hall–Kier alpha value is -1.66. The number of nitrogens with zero attached hydrogens (tertiary/aromatic N) is 3. The van der Waals surface area contributed by atoms with Gasteiger partial charge in [-0.3, -0.25) is 4.79 Å². The molecule has 3 rings (SSSR count). The molecule has 126 valence electrons. The van der Waals surface area contributed by atoms with Gasteiger partial charge in [-0.25, -0.2) is 4.98 Å². The number of hydrogen-bond acceptors (Lipinski definition) is 5. The number of likely N-dealkylation sites (N-methyl/N-ethyl adjacent to an activating group) is 1. The van der Waals surface area contributed by atoms with Crippen LogP contribution in [0.1, 0.15) is 30.1 Å². The van der Waals surface area contributed by atoms with Crippen molar-refractivity contribution in [3.63, 3.8) is 0 Å². The highest BCUT2D eigenvalue weighted by Gasteiger charge is 2.21. The molecule has 2 fully saturated rings. The minimum atomic E-state index is 0.0156. The van der Waals surface area contributed by atoms with E-state index in [4.69, 9.17) is 0 Å². The van der Waals surface area contributed by atoms with Crippen LogP contribution in [-0.2, 0) is 0 Å². The molecule has 2 unspecified atom stereocenters. The molecule has 6 nitrogen and oxygen atoms in total. The van der Waals surface area contributed by atoms with Gasteiger partial charge in [0.25, 0.3) is 5.91 Å². The van der Waals surface area contributed by atoms with Crippen molar-refractivity contribution in [2.45, 2.75) is 31.8 Å². The van der Waals surface area contributed by atoms with E-state index in [0.717, 1.165) is 51.4 Å². The lowest BCUT2D eigenvalue weighted by Crippen LogP contribution is -2.46. The van der Waals surface area contributed by atoms with Crippen LogP contribution in [0.3, 0.4) is 0 Å². The van der Waals surface area contributed by atoms with Crippen LogP contribution in [-0.4, -0.2) is 67.6 Å². The highest BCUT2D eigenvalue weighted by Crippen LogP contribution is 2.16. The zero-order valence-corrected chi connectivity index (χ0v) is 14.1. The fourth-order valence-corrected chi connectivity index (χ4v) is 3.30. The molecule has 2 aliphatic heterocycles. The minimum absolute atomic E-state index is 0.0156. The second-order valence-corrected chi connectivity index (χ2v) is 6.74. The van der Waals surface area contributed by atoms with Crippen LogP contribution in [0.15, 0.2) is 18.3 Å². The molecule has 23 heavy (non-hydrogen) atoms. The van der Waals surface area contributed by atoms with Crippen molar-refractivity contribution < 1.29 is 4.79 Å². The number of hydrogen-bond donors (Lipinski definition) is 2. The van der Waals surface area contributed by atoms with E-state index in [0.29, 0.717) is 11.6 Å². The van der Waals surface area contributed by atoms with Crippen LogP contribution < -0.4 is 15.5 Å². The number of rotatable bonds is 3. The van der Waals surface area contributed by atoms with Gasteiger partial charge in [-0.1, -0.05) is 0 Å². The van der Waals surface area contributed by atoms with Crippen molar-refractivity contribution in [2.24, 2.45) is 0 Å². The van der Waals surface area contributed by atoms with Gasteiger partial charge in [0.1, 0.15) is 5.82 Å². The SMILES string of the molecule is CC1CC(NC(=O)c2ccnc(N3CCN(C)CC3)c2)CCN1. The summed E-state index contributed by atoms with van der Waals surface area (Å²) in [7, 11) is 2.13. The molecule has 0 spiro atoms. The normalized spacial score (nSPS) is 26.1. The van der Waals surface area contributed by atoms with Crippen molar-refractivity contribution in [1.29, 1.82) is 0 Å². The second-order valence-electron chi connectivity index (χ2n) is 6.74. The van der Waals surface area contributed by atoms with Crippen LogP contribution in [0.5, 0.6) is 0 Å². The molecular weight excluding hydrogens is 290 g/mol. The molecule has 0 bridgehead atoms. The van der Waals surface area contributed by atoms with Crippen molar-refractivity contribution >= 4 is 11.7 Å². The number of pyridine rings is 1. The van der Waals surface area contributed by atoms with Crippen LogP contribution in [0, 0.1) is 0 Å². The Bertz CT molecular complexity index is 542. The van der Waals surface area contributed by atoms with E-state index in [-0.39, 0.29) is 11.9 Å². The number of piperidine rings is 1. The zero-order valence-electron chi connectivity index (χ0n) is 14.1. The van der Waals surface area contributed by atoms with E-state index < -0.39 is 0 Å². The molecule has 1 aromatic heterocycles. The van der Waals surface area contributed by atoms with Gasteiger partial charge in [-0.05, 0) is 45.5 Å². The van der Waals surface area contributed by atoms with Crippen LogP contribution >= 0.6 is 0 Å². The van der Waals surface area contributed by atoms with Gasteiger partial charge < -0.3 is 20.4 Å². The largest absolute Gasteiger partial charge is 0.354 e. The first kappa shape index (κ1) is 16.2. The Morgan fingerprint density at radius 1 is 1.35 bits per heavy atom. The van der Waals surface area contributed by atoms with E-state index in [9.17, 15) is 4.79 Å². The lowest BCUT2D eigenvalue weighted by molar-refractivity contribution is 0.0925. The number of carbonyl (C=O) groups is 1. The number of aromatic nitrogens is 1. The predicted molar refractivity (Wildman–Crippen MR) is 91.9 cm³/mol. The lowest BCUT2D eigenvalue weighted by Gasteiger charge is -2.33. The van der Waals surface area contributed by atoms with E-state index in [2.05, 4.69) is 39.4 Å². The zero-order chi connectivity index (χ0) is 16.2. The maximum atomic E-state index is 12.5. The summed E-state index contributed by atoms with van der Waals surface area (Å²) in [5.41, 5.74) is 0.708. The van der Waals surface area contributed by atoms with E-state index >= 15 is 0 Å². The molecule has 3 heterocycles. The molecule has 1 aromatic rings. The van der Waals surface area contributed by atoms with Gasteiger partial charge in [0.2, 0.25) is 0 Å². The number of carbonyl (C=O) groups excluding carboxylic acids is 1. The molecule has 0 aliphatic carbocycles. The second kappa shape index (κ2) is 7.27. The molecular formula is C17H27N5O. The Labute approximate surface area is 138 Å². The maximum absolute atomic E-state index is 12.5. The third-order valence-corrected chi connectivity index (χ3v) is 4.79. The van der Waals surface area contributed by atoms with Crippen molar-refractivity contribution in [2.75, 3.05) is 44.7 Å². The van der Waals surface area contributed by atoms with Gasteiger partial charge in [0.15, 0.2) is 0 Å². The molecule has 1 amide bonds. The van der Waals surface area contributed by atoms with Crippen molar-refractivity contribution in [3.05, 3.63) is 23.9 Å². The van der Waals surface area contributed by atoms with Crippen LogP contribution in [0.4, 0.5) is 5.82 Å². The third-order valence-electron chi connectivity index (χ3n) is 4.79. The summed E-state index contributed by atoms with van der Waals surface area (Å²) in [6.07, 6.45) is 3.72. The Balaban J connectivity index is 1.63. The fraction of sp³-hybridized carbons (Fsp3) is 0.647. The van der Waals surface area contributed by atoms with E-state index in [1.165, 1.54) is 0 Å².